The van der Waals surface area contributed by atoms with Gasteiger partial charge in [0, 0.05) is 49.3 Å². The molecule has 1 aromatic carbocycles. The number of anilines is 2. The molecule has 2 aromatic rings. The van der Waals surface area contributed by atoms with E-state index in [0.717, 1.165) is 42.9 Å². The van der Waals surface area contributed by atoms with Gasteiger partial charge in [0.15, 0.2) is 5.11 Å². The molecular weight excluding hydrogens is 318 g/mol. The Hall–Kier alpha value is -1.92. The summed E-state index contributed by atoms with van der Waals surface area (Å²) in [5, 5.41) is 4.64. The minimum atomic E-state index is 0.693. The van der Waals surface area contributed by atoms with Gasteiger partial charge >= 0.3 is 0 Å². The smallest absolute Gasteiger partial charge is 0.225 e. The number of thiocarbonyl (C=S) groups is 1. The SMILES string of the molecule is S=C(Nc1cccc(Cl)c1)N1CCN(c2ncccn2)CC1. The van der Waals surface area contributed by atoms with Crippen molar-refractivity contribution < 1.29 is 0 Å². The molecule has 0 radical (unpaired) electrons. The molecule has 5 nitrogen and oxygen atoms in total. The van der Waals surface area contributed by atoms with Crippen molar-refractivity contribution in [2.75, 3.05) is 36.4 Å². The van der Waals surface area contributed by atoms with Crippen molar-refractivity contribution >= 4 is 40.6 Å². The van der Waals surface area contributed by atoms with Gasteiger partial charge in [0.2, 0.25) is 5.95 Å². The molecule has 0 saturated carbocycles. The third kappa shape index (κ3) is 3.64. The summed E-state index contributed by atoms with van der Waals surface area (Å²) in [6.45, 7) is 3.37. The van der Waals surface area contributed by atoms with Crippen LogP contribution in [0.2, 0.25) is 5.02 Å². The van der Waals surface area contributed by atoms with Gasteiger partial charge in [-0.1, -0.05) is 17.7 Å². The molecule has 0 aliphatic carbocycles. The predicted octanol–water partition coefficient (Wildman–Crippen LogP) is 2.65. The highest BCUT2D eigenvalue weighted by Crippen LogP contribution is 2.16. The summed E-state index contributed by atoms with van der Waals surface area (Å²) in [4.78, 5) is 12.9. The van der Waals surface area contributed by atoms with E-state index in [2.05, 4.69) is 25.1 Å². The highest BCUT2D eigenvalue weighted by atomic mass is 35.5. The van der Waals surface area contributed by atoms with Crippen molar-refractivity contribution in [2.45, 2.75) is 0 Å². The van der Waals surface area contributed by atoms with E-state index in [0.29, 0.717) is 5.02 Å². The number of halogens is 1. The minimum Gasteiger partial charge on any atom is -0.345 e. The largest absolute Gasteiger partial charge is 0.345 e. The van der Waals surface area contributed by atoms with Crippen molar-refractivity contribution in [3.05, 3.63) is 47.7 Å². The van der Waals surface area contributed by atoms with Crippen molar-refractivity contribution in [2.24, 2.45) is 0 Å². The third-order valence-corrected chi connectivity index (χ3v) is 4.07. The molecular formula is C15H16ClN5S. The van der Waals surface area contributed by atoms with Gasteiger partial charge in [-0.05, 0) is 36.5 Å². The van der Waals surface area contributed by atoms with E-state index in [9.17, 15) is 0 Å². The van der Waals surface area contributed by atoms with Crippen LogP contribution in [0.5, 0.6) is 0 Å². The molecule has 1 aliphatic heterocycles. The van der Waals surface area contributed by atoms with Gasteiger partial charge in [-0.3, -0.25) is 0 Å². The lowest BCUT2D eigenvalue weighted by atomic mass is 10.3. The molecule has 1 aliphatic rings. The van der Waals surface area contributed by atoms with E-state index < -0.39 is 0 Å². The molecule has 0 bridgehead atoms. The van der Waals surface area contributed by atoms with Crippen molar-refractivity contribution in [3.8, 4) is 0 Å². The normalized spacial score (nSPS) is 14.8. The first kappa shape index (κ1) is 15.0. The van der Waals surface area contributed by atoms with Crippen LogP contribution in [-0.4, -0.2) is 46.2 Å². The van der Waals surface area contributed by atoms with E-state index >= 15 is 0 Å². The molecule has 2 heterocycles. The van der Waals surface area contributed by atoms with Crippen LogP contribution in [0.1, 0.15) is 0 Å². The van der Waals surface area contributed by atoms with Crippen LogP contribution < -0.4 is 10.2 Å². The lowest BCUT2D eigenvalue weighted by molar-refractivity contribution is 0.388. The monoisotopic (exact) mass is 333 g/mol. The maximum atomic E-state index is 5.98. The Morgan fingerprint density at radius 1 is 1.09 bits per heavy atom. The van der Waals surface area contributed by atoms with Gasteiger partial charge in [-0.15, -0.1) is 0 Å². The fraction of sp³-hybridized carbons (Fsp3) is 0.267. The van der Waals surface area contributed by atoms with Crippen LogP contribution in [-0.2, 0) is 0 Å². The van der Waals surface area contributed by atoms with Crippen LogP contribution in [0, 0.1) is 0 Å². The zero-order valence-corrected chi connectivity index (χ0v) is 13.5. The number of nitrogens with zero attached hydrogens (tertiary/aromatic N) is 4. The van der Waals surface area contributed by atoms with Crippen LogP contribution in [0.15, 0.2) is 42.7 Å². The molecule has 1 saturated heterocycles. The van der Waals surface area contributed by atoms with Crippen molar-refractivity contribution in [1.29, 1.82) is 0 Å². The minimum absolute atomic E-state index is 0.693. The fourth-order valence-electron chi connectivity index (χ4n) is 2.33. The quantitative estimate of drug-likeness (QED) is 0.852. The maximum absolute atomic E-state index is 5.98. The summed E-state index contributed by atoms with van der Waals surface area (Å²) in [5.74, 6) is 0.774. The van der Waals surface area contributed by atoms with Gasteiger partial charge in [0.25, 0.3) is 0 Å². The highest BCUT2D eigenvalue weighted by molar-refractivity contribution is 7.80. The lowest BCUT2D eigenvalue weighted by Gasteiger charge is -2.36. The molecule has 1 aromatic heterocycles. The van der Waals surface area contributed by atoms with Crippen LogP contribution >= 0.6 is 23.8 Å². The Labute approximate surface area is 139 Å². The Morgan fingerprint density at radius 2 is 1.82 bits per heavy atom. The number of aromatic nitrogens is 2. The summed E-state index contributed by atoms with van der Waals surface area (Å²) in [6.07, 6.45) is 3.53. The Morgan fingerprint density at radius 3 is 2.50 bits per heavy atom. The summed E-state index contributed by atoms with van der Waals surface area (Å²) < 4.78 is 0. The van der Waals surface area contributed by atoms with Gasteiger partial charge in [-0.2, -0.15) is 0 Å². The Balaban J connectivity index is 1.56. The first-order valence-corrected chi connectivity index (χ1v) is 7.84. The van der Waals surface area contributed by atoms with Crippen LogP contribution in [0.4, 0.5) is 11.6 Å². The van der Waals surface area contributed by atoms with Crippen molar-refractivity contribution in [1.82, 2.24) is 14.9 Å². The average Bonchev–Trinajstić information content (AvgIpc) is 2.56. The average molecular weight is 334 g/mol. The summed E-state index contributed by atoms with van der Waals surface area (Å²) in [5.41, 5.74) is 0.909. The van der Waals surface area contributed by atoms with Gasteiger partial charge < -0.3 is 15.1 Å². The molecule has 3 rings (SSSR count). The summed E-state index contributed by atoms with van der Waals surface area (Å²) >= 11 is 11.5. The topological polar surface area (TPSA) is 44.3 Å². The number of rotatable bonds is 2. The summed E-state index contributed by atoms with van der Waals surface area (Å²) in [6, 6.07) is 9.38. The third-order valence-electron chi connectivity index (χ3n) is 3.48. The predicted molar refractivity (Wildman–Crippen MR) is 93.5 cm³/mol. The fourth-order valence-corrected chi connectivity index (χ4v) is 2.82. The first-order valence-electron chi connectivity index (χ1n) is 7.06. The molecule has 22 heavy (non-hydrogen) atoms. The first-order chi connectivity index (χ1) is 10.7. The van der Waals surface area contributed by atoms with E-state index in [-0.39, 0.29) is 0 Å². The molecule has 0 amide bonds. The molecule has 7 heteroatoms. The van der Waals surface area contributed by atoms with E-state index in [1.54, 1.807) is 12.4 Å². The number of piperazine rings is 1. The maximum Gasteiger partial charge on any atom is 0.225 e. The Bertz CT molecular complexity index is 643. The lowest BCUT2D eigenvalue weighted by Crippen LogP contribution is -2.50. The highest BCUT2D eigenvalue weighted by Gasteiger charge is 2.20. The summed E-state index contributed by atoms with van der Waals surface area (Å²) in [7, 11) is 0. The molecule has 114 valence electrons. The second-order valence-electron chi connectivity index (χ2n) is 4.96. The molecule has 1 N–H and O–H groups in total. The zero-order chi connectivity index (χ0) is 15.4. The molecule has 0 atom stereocenters. The van der Waals surface area contributed by atoms with Crippen LogP contribution in [0.3, 0.4) is 0 Å². The van der Waals surface area contributed by atoms with E-state index in [1.165, 1.54) is 0 Å². The number of nitrogens with one attached hydrogen (secondary N) is 1. The zero-order valence-electron chi connectivity index (χ0n) is 11.9. The number of hydrogen-bond donors (Lipinski definition) is 1. The Kier molecular flexibility index (Phi) is 4.70. The number of hydrogen-bond acceptors (Lipinski definition) is 4. The van der Waals surface area contributed by atoms with Gasteiger partial charge in [0.05, 0.1) is 0 Å². The van der Waals surface area contributed by atoms with E-state index in [4.69, 9.17) is 23.8 Å². The second kappa shape index (κ2) is 6.89. The molecule has 1 fully saturated rings. The standard InChI is InChI=1S/C15H16ClN5S/c16-12-3-1-4-13(11-12)19-15(22)21-9-7-20(8-10-21)14-17-5-2-6-18-14/h1-6,11H,7-10H2,(H,19,22). The molecule has 0 spiro atoms. The van der Waals surface area contributed by atoms with Gasteiger partial charge in [0.1, 0.15) is 0 Å². The van der Waals surface area contributed by atoms with Crippen LogP contribution in [0.25, 0.3) is 0 Å². The van der Waals surface area contributed by atoms with Gasteiger partial charge in [-0.25, -0.2) is 9.97 Å². The van der Waals surface area contributed by atoms with E-state index in [1.807, 2.05) is 30.3 Å². The van der Waals surface area contributed by atoms with Crippen molar-refractivity contribution in [3.63, 3.8) is 0 Å². The molecule has 0 unspecified atom stereocenters. The number of benzene rings is 1. The second-order valence-corrected chi connectivity index (χ2v) is 5.79.